The van der Waals surface area contributed by atoms with Gasteiger partial charge in [-0.25, -0.2) is 4.79 Å². The molecule has 0 bridgehead atoms. The maximum atomic E-state index is 12.4. The van der Waals surface area contributed by atoms with E-state index in [2.05, 4.69) is 5.29 Å². The van der Waals surface area contributed by atoms with Crippen LogP contribution in [0.4, 0.5) is 4.79 Å². The Hall–Kier alpha value is -1.04. The van der Waals surface area contributed by atoms with Crippen LogP contribution in [0.2, 0.25) is 0 Å². The molecule has 1 aliphatic heterocycles. The van der Waals surface area contributed by atoms with Crippen LogP contribution in [0.3, 0.4) is 0 Å². The fourth-order valence-electron chi connectivity index (χ4n) is 2.32. The molecule has 0 aromatic rings. The van der Waals surface area contributed by atoms with Crippen LogP contribution in [0.15, 0.2) is 5.29 Å². The number of urea groups is 1. The molecule has 1 rings (SSSR count). The van der Waals surface area contributed by atoms with E-state index in [4.69, 9.17) is 16.3 Å². The minimum atomic E-state index is -1.64. The monoisotopic (exact) mass is 355 g/mol. The Balaban J connectivity index is 3.08. The van der Waals surface area contributed by atoms with E-state index in [1.165, 1.54) is 0 Å². The van der Waals surface area contributed by atoms with Crippen LogP contribution in [-0.4, -0.2) is 92.1 Å². The Kier molecular flexibility index (Phi) is 7.58. The smallest absolute Gasteiger partial charge is 0.345 e. The zero-order valence-electron chi connectivity index (χ0n) is 12.8. The van der Waals surface area contributed by atoms with E-state index in [0.29, 0.717) is 5.01 Å². The highest BCUT2D eigenvalue weighted by atomic mass is 35.5. The molecule has 1 aliphatic rings. The summed E-state index contributed by atoms with van der Waals surface area (Å²) < 4.78 is 5.34. The lowest BCUT2D eigenvalue weighted by Gasteiger charge is -2.46. The van der Waals surface area contributed by atoms with E-state index < -0.39 is 49.3 Å². The number of hydrogen-bond acceptors (Lipinski definition) is 8. The zero-order chi connectivity index (χ0) is 17.7. The average Bonchev–Trinajstić information content (AvgIpc) is 2.52. The standard InChI is InChI=1S/C12H22ClN3O7/c1-6(2)16(12(21)15(14-22)4-3-13)11-10(20)9(19)8(18)7(5-17)23-11/h6-11,17-20H,3-5H2,1-2H3/t7-,8+,9+,10-,11-/m1/s1. The molecular weight excluding hydrogens is 334 g/mol. The number of rotatable bonds is 6. The Morgan fingerprint density at radius 1 is 1.26 bits per heavy atom. The minimum Gasteiger partial charge on any atom is -0.394 e. The van der Waals surface area contributed by atoms with Gasteiger partial charge in [-0.05, 0) is 13.8 Å². The third-order valence-electron chi connectivity index (χ3n) is 3.53. The van der Waals surface area contributed by atoms with Gasteiger partial charge in [-0.3, -0.25) is 4.90 Å². The molecule has 23 heavy (non-hydrogen) atoms. The van der Waals surface area contributed by atoms with E-state index in [-0.39, 0.29) is 12.4 Å². The molecule has 0 aromatic carbocycles. The number of hydrogen-bond donors (Lipinski definition) is 4. The summed E-state index contributed by atoms with van der Waals surface area (Å²) in [7, 11) is 0. The third kappa shape index (κ3) is 4.28. The van der Waals surface area contributed by atoms with E-state index in [1.54, 1.807) is 13.8 Å². The predicted molar refractivity (Wildman–Crippen MR) is 79.4 cm³/mol. The second kappa shape index (κ2) is 8.71. The van der Waals surface area contributed by atoms with Crippen LogP contribution in [0.1, 0.15) is 13.8 Å². The van der Waals surface area contributed by atoms with Crippen molar-refractivity contribution in [3.63, 3.8) is 0 Å². The number of alkyl halides is 1. The lowest BCUT2D eigenvalue weighted by atomic mass is 9.97. The molecule has 134 valence electrons. The van der Waals surface area contributed by atoms with E-state index in [1.807, 2.05) is 0 Å². The second-order valence-electron chi connectivity index (χ2n) is 5.40. The maximum Gasteiger partial charge on any atom is 0.345 e. The van der Waals surface area contributed by atoms with Crippen LogP contribution < -0.4 is 0 Å². The van der Waals surface area contributed by atoms with Crippen LogP contribution in [0.25, 0.3) is 0 Å². The van der Waals surface area contributed by atoms with Crippen molar-refractivity contribution in [3.8, 4) is 0 Å². The van der Waals surface area contributed by atoms with Crippen molar-refractivity contribution in [1.82, 2.24) is 9.91 Å². The summed E-state index contributed by atoms with van der Waals surface area (Å²) in [5.41, 5.74) is 0. The third-order valence-corrected chi connectivity index (χ3v) is 3.70. The van der Waals surface area contributed by atoms with E-state index in [9.17, 15) is 30.1 Å². The zero-order valence-corrected chi connectivity index (χ0v) is 13.6. The number of halogens is 1. The summed E-state index contributed by atoms with van der Waals surface area (Å²) in [5.74, 6) is -0.0297. The van der Waals surface area contributed by atoms with E-state index in [0.717, 1.165) is 4.90 Å². The van der Waals surface area contributed by atoms with Crippen molar-refractivity contribution in [1.29, 1.82) is 0 Å². The molecule has 1 saturated heterocycles. The van der Waals surface area contributed by atoms with Gasteiger partial charge in [-0.2, -0.15) is 5.01 Å². The van der Waals surface area contributed by atoms with Crippen LogP contribution >= 0.6 is 11.6 Å². The highest BCUT2D eigenvalue weighted by Gasteiger charge is 2.48. The number of carbonyl (C=O) groups excluding carboxylic acids is 1. The van der Waals surface area contributed by atoms with E-state index >= 15 is 0 Å². The molecule has 0 saturated carbocycles. The first-order valence-corrected chi connectivity index (χ1v) is 7.63. The first-order valence-electron chi connectivity index (χ1n) is 7.09. The topological polar surface area (TPSA) is 143 Å². The Morgan fingerprint density at radius 3 is 2.30 bits per heavy atom. The Labute approximate surface area is 138 Å². The van der Waals surface area contributed by atoms with Gasteiger partial charge in [-0.1, -0.05) is 0 Å². The van der Waals surface area contributed by atoms with Crippen molar-refractivity contribution in [2.75, 3.05) is 19.0 Å². The number of ether oxygens (including phenoxy) is 1. The van der Waals surface area contributed by atoms with Gasteiger partial charge in [-0.15, -0.1) is 16.5 Å². The van der Waals surface area contributed by atoms with Crippen molar-refractivity contribution in [2.45, 2.75) is 50.5 Å². The van der Waals surface area contributed by atoms with Crippen LogP contribution in [-0.2, 0) is 4.74 Å². The molecule has 0 aliphatic carbocycles. The summed E-state index contributed by atoms with van der Waals surface area (Å²) in [6.45, 7) is 2.43. The van der Waals surface area contributed by atoms with Crippen molar-refractivity contribution in [3.05, 3.63) is 4.91 Å². The molecule has 0 spiro atoms. The molecule has 0 aromatic heterocycles. The van der Waals surface area contributed by atoms with Crippen LogP contribution in [0, 0.1) is 4.91 Å². The summed E-state index contributed by atoms with van der Waals surface area (Å²) in [6, 6.07) is -1.41. The van der Waals surface area contributed by atoms with Gasteiger partial charge in [0, 0.05) is 11.9 Å². The molecule has 0 unspecified atom stereocenters. The number of nitroso groups, excluding NO2 is 1. The fraction of sp³-hybridized carbons (Fsp3) is 0.917. The maximum absolute atomic E-state index is 12.4. The molecule has 2 amide bonds. The van der Waals surface area contributed by atoms with Crippen molar-refractivity contribution < 1.29 is 30.0 Å². The largest absolute Gasteiger partial charge is 0.394 e. The summed E-state index contributed by atoms with van der Waals surface area (Å²) >= 11 is 5.51. The van der Waals surface area contributed by atoms with Crippen molar-refractivity contribution in [2.24, 2.45) is 5.29 Å². The van der Waals surface area contributed by atoms with Gasteiger partial charge < -0.3 is 25.2 Å². The molecule has 10 nitrogen and oxygen atoms in total. The predicted octanol–water partition coefficient (Wildman–Crippen LogP) is -1.16. The molecule has 5 atom stereocenters. The SMILES string of the molecule is CC(C)N(C(=O)N(CCCl)N=O)[C@@H]1O[C@H](CO)[C@H](O)[C@H](O)[C@H]1O. The van der Waals surface area contributed by atoms with Gasteiger partial charge >= 0.3 is 6.03 Å². The minimum absolute atomic E-state index is 0.0297. The van der Waals surface area contributed by atoms with Gasteiger partial charge in [0.05, 0.1) is 18.4 Å². The normalized spacial score (nSPS) is 31.0. The number of nitrogens with zero attached hydrogens (tertiary/aromatic N) is 3. The first-order chi connectivity index (χ1) is 10.8. The molecular formula is C12H22ClN3O7. The number of amides is 2. The van der Waals surface area contributed by atoms with Gasteiger partial charge in [0.25, 0.3) is 0 Å². The Morgan fingerprint density at radius 2 is 1.87 bits per heavy atom. The lowest BCUT2D eigenvalue weighted by Crippen LogP contribution is -2.66. The molecule has 1 heterocycles. The molecule has 11 heteroatoms. The number of aliphatic hydroxyl groups is 4. The Bertz CT molecular complexity index is 412. The van der Waals surface area contributed by atoms with Crippen molar-refractivity contribution >= 4 is 17.6 Å². The van der Waals surface area contributed by atoms with Crippen LogP contribution in [0.5, 0.6) is 0 Å². The summed E-state index contributed by atoms with van der Waals surface area (Å²) in [4.78, 5) is 24.2. The lowest BCUT2D eigenvalue weighted by molar-refractivity contribution is -0.261. The summed E-state index contributed by atoms with van der Waals surface area (Å²) in [5, 5.41) is 42.1. The number of carbonyl (C=O) groups is 1. The van der Waals surface area contributed by atoms with Gasteiger partial charge in [0.15, 0.2) is 6.23 Å². The van der Waals surface area contributed by atoms with Gasteiger partial charge in [0.2, 0.25) is 0 Å². The quantitative estimate of drug-likeness (QED) is 0.267. The van der Waals surface area contributed by atoms with Gasteiger partial charge in [0.1, 0.15) is 24.4 Å². The second-order valence-corrected chi connectivity index (χ2v) is 5.77. The highest BCUT2D eigenvalue weighted by molar-refractivity contribution is 6.18. The highest BCUT2D eigenvalue weighted by Crippen LogP contribution is 2.26. The molecule has 0 radical (unpaired) electrons. The average molecular weight is 356 g/mol. The fourth-order valence-corrected chi connectivity index (χ4v) is 2.48. The molecule has 1 fully saturated rings. The molecule has 4 N–H and O–H groups in total. The number of aliphatic hydroxyl groups excluding tert-OH is 4. The first kappa shape index (κ1) is 20.0. The summed E-state index contributed by atoms with van der Waals surface area (Å²) in [6.07, 6.45) is -7.36.